The number of esters is 1. The molecule has 166 valence electrons. The summed E-state index contributed by atoms with van der Waals surface area (Å²) >= 11 is 1.29. The summed E-state index contributed by atoms with van der Waals surface area (Å²) in [6.45, 7) is 0.667. The van der Waals surface area contributed by atoms with E-state index in [2.05, 4.69) is 5.32 Å². The van der Waals surface area contributed by atoms with Gasteiger partial charge in [0.25, 0.3) is 11.8 Å². The molecular weight excluding hydrogens is 442 g/mol. The number of anilines is 1. The fourth-order valence-electron chi connectivity index (χ4n) is 3.26. The first-order valence-electron chi connectivity index (χ1n) is 9.52. The lowest BCUT2D eigenvalue weighted by molar-refractivity contribution is -0.147. The molecule has 3 N–H and O–H groups in total. The monoisotopic (exact) mass is 465 g/mol. The molecule has 9 nitrogen and oxygen atoms in total. The summed E-state index contributed by atoms with van der Waals surface area (Å²) in [5.74, 6) is -2.13. The molecule has 1 heterocycles. The number of benzene rings is 1. The molecule has 2 aromatic rings. The molecular formula is C20H23N3O6S2. The van der Waals surface area contributed by atoms with Crippen LogP contribution in [0.4, 0.5) is 5.00 Å². The van der Waals surface area contributed by atoms with Crippen LogP contribution in [-0.2, 0) is 37.2 Å². The Morgan fingerprint density at radius 3 is 2.52 bits per heavy atom. The van der Waals surface area contributed by atoms with E-state index in [1.165, 1.54) is 30.5 Å². The largest absolute Gasteiger partial charge is 0.455 e. The van der Waals surface area contributed by atoms with Gasteiger partial charge < -0.3 is 15.8 Å². The molecule has 0 atom stereocenters. The van der Waals surface area contributed by atoms with Crippen LogP contribution in [-0.4, -0.2) is 50.7 Å². The second-order valence-corrected chi connectivity index (χ2v) is 10.4. The number of sulfonamides is 1. The van der Waals surface area contributed by atoms with Crippen molar-refractivity contribution in [1.29, 1.82) is 0 Å². The van der Waals surface area contributed by atoms with Gasteiger partial charge in [0.2, 0.25) is 10.0 Å². The number of likely N-dealkylation sites (N-methyl/N-ethyl adjacent to an activating group) is 1. The third-order valence-corrected chi connectivity index (χ3v) is 7.89. The molecule has 0 saturated carbocycles. The number of hydrogen-bond donors (Lipinski definition) is 2. The summed E-state index contributed by atoms with van der Waals surface area (Å²) in [7, 11) is -2.62. The third-order valence-electron chi connectivity index (χ3n) is 4.87. The summed E-state index contributed by atoms with van der Waals surface area (Å²) < 4.78 is 30.8. The molecule has 0 saturated heterocycles. The second-order valence-electron chi connectivity index (χ2n) is 7.21. The fraction of sp³-hybridized carbons (Fsp3) is 0.350. The number of fused-ring (bicyclic) bond motifs is 1. The van der Waals surface area contributed by atoms with Crippen LogP contribution >= 0.6 is 11.3 Å². The normalized spacial score (nSPS) is 13.1. The van der Waals surface area contributed by atoms with Crippen LogP contribution in [0.2, 0.25) is 0 Å². The number of ether oxygens (including phenoxy) is 1. The summed E-state index contributed by atoms with van der Waals surface area (Å²) in [6, 6.07) is 6.22. The van der Waals surface area contributed by atoms with Gasteiger partial charge in [-0.2, -0.15) is 4.31 Å². The van der Waals surface area contributed by atoms with E-state index in [-0.39, 0.29) is 4.90 Å². The smallest absolute Gasteiger partial charge is 0.321 e. The molecule has 1 aromatic heterocycles. The molecule has 3 rings (SSSR count). The Morgan fingerprint density at radius 1 is 1.19 bits per heavy atom. The number of amides is 2. The van der Waals surface area contributed by atoms with Crippen LogP contribution in [0, 0.1) is 6.92 Å². The van der Waals surface area contributed by atoms with Crippen molar-refractivity contribution in [2.24, 2.45) is 5.73 Å². The number of primary amides is 1. The molecule has 31 heavy (non-hydrogen) atoms. The average Bonchev–Trinajstić information content (AvgIpc) is 3.27. The highest BCUT2D eigenvalue weighted by Crippen LogP contribution is 2.38. The number of hydrogen-bond acceptors (Lipinski definition) is 7. The van der Waals surface area contributed by atoms with Crippen LogP contribution in [0.3, 0.4) is 0 Å². The van der Waals surface area contributed by atoms with Gasteiger partial charge in [0.1, 0.15) is 11.5 Å². The Labute approximate surface area is 184 Å². The first-order chi connectivity index (χ1) is 14.6. The van der Waals surface area contributed by atoms with E-state index in [1.54, 1.807) is 12.1 Å². The lowest BCUT2D eigenvalue weighted by Crippen LogP contribution is -2.34. The quantitative estimate of drug-likeness (QED) is 0.566. The summed E-state index contributed by atoms with van der Waals surface area (Å²) in [5.41, 5.74) is 7.53. The highest BCUT2D eigenvalue weighted by Gasteiger charge is 2.27. The van der Waals surface area contributed by atoms with Crippen molar-refractivity contribution in [1.82, 2.24) is 4.31 Å². The van der Waals surface area contributed by atoms with Crippen molar-refractivity contribution in [3.8, 4) is 0 Å². The van der Waals surface area contributed by atoms with Gasteiger partial charge in [-0.15, -0.1) is 11.3 Å². The minimum atomic E-state index is -3.87. The summed E-state index contributed by atoms with van der Waals surface area (Å²) in [5, 5.41) is 2.91. The first-order valence-corrected chi connectivity index (χ1v) is 11.8. The molecule has 1 aliphatic carbocycles. The molecule has 1 aromatic carbocycles. The van der Waals surface area contributed by atoms with Crippen molar-refractivity contribution in [3.63, 3.8) is 0 Å². The summed E-state index contributed by atoms with van der Waals surface area (Å²) in [4.78, 5) is 37.1. The van der Waals surface area contributed by atoms with Gasteiger partial charge in [0.15, 0.2) is 6.61 Å². The van der Waals surface area contributed by atoms with Gasteiger partial charge in [0.05, 0.1) is 10.5 Å². The maximum absolute atomic E-state index is 12.5. The fourth-order valence-corrected chi connectivity index (χ4v) is 5.69. The van der Waals surface area contributed by atoms with Crippen molar-refractivity contribution < 1.29 is 27.5 Å². The zero-order valence-corrected chi connectivity index (χ0v) is 18.8. The number of thiophene rings is 1. The Kier molecular flexibility index (Phi) is 6.77. The van der Waals surface area contributed by atoms with Gasteiger partial charge in [0, 0.05) is 11.9 Å². The lowest BCUT2D eigenvalue weighted by Gasteiger charge is -2.16. The Balaban J connectivity index is 1.56. The topological polar surface area (TPSA) is 136 Å². The Hall–Kier alpha value is -2.76. The molecule has 0 fully saturated rings. The first kappa shape index (κ1) is 22.9. The van der Waals surface area contributed by atoms with Gasteiger partial charge in [-0.1, -0.05) is 17.7 Å². The van der Waals surface area contributed by atoms with Crippen molar-refractivity contribution in [2.45, 2.75) is 31.1 Å². The molecule has 1 aliphatic rings. The lowest BCUT2D eigenvalue weighted by atomic mass is 10.1. The average molecular weight is 466 g/mol. The molecule has 2 amide bonds. The standard InChI is InChI=1S/C20H23N3O6S2/c1-12-6-8-13(9-7-12)31(27,28)23(2)10-17(25)29-11-16(24)22-20-18(19(21)26)14-4-3-5-15(14)30-20/h6-9H,3-5,10-11H2,1-2H3,(H2,21,26)(H,22,24). The predicted molar refractivity (Wildman–Crippen MR) is 115 cm³/mol. The third kappa shape index (κ3) is 5.12. The zero-order chi connectivity index (χ0) is 22.8. The SMILES string of the molecule is Cc1ccc(S(=O)(=O)N(C)CC(=O)OCC(=O)Nc2sc3c(c2C(N)=O)CCC3)cc1. The molecule has 0 bridgehead atoms. The van der Waals surface area contributed by atoms with Crippen LogP contribution in [0.25, 0.3) is 0 Å². The van der Waals surface area contributed by atoms with Crippen molar-refractivity contribution >= 4 is 44.1 Å². The molecule has 0 radical (unpaired) electrons. The minimum absolute atomic E-state index is 0.0517. The molecule has 11 heteroatoms. The van der Waals surface area contributed by atoms with E-state index >= 15 is 0 Å². The molecule has 0 spiro atoms. The zero-order valence-electron chi connectivity index (χ0n) is 17.1. The predicted octanol–water partition coefficient (Wildman–Crippen LogP) is 1.45. The Morgan fingerprint density at radius 2 is 1.87 bits per heavy atom. The van der Waals surface area contributed by atoms with Crippen LogP contribution in [0.5, 0.6) is 0 Å². The minimum Gasteiger partial charge on any atom is -0.455 e. The van der Waals surface area contributed by atoms with E-state index in [0.29, 0.717) is 10.6 Å². The van der Waals surface area contributed by atoms with Gasteiger partial charge in [-0.25, -0.2) is 8.42 Å². The highest BCUT2D eigenvalue weighted by molar-refractivity contribution is 7.89. The number of nitrogens with two attached hydrogens (primary N) is 1. The molecule has 0 unspecified atom stereocenters. The van der Waals surface area contributed by atoms with E-state index < -0.39 is 41.0 Å². The number of carbonyl (C=O) groups is 3. The van der Waals surface area contributed by atoms with Crippen LogP contribution < -0.4 is 11.1 Å². The van der Waals surface area contributed by atoms with E-state index in [0.717, 1.165) is 39.6 Å². The summed E-state index contributed by atoms with van der Waals surface area (Å²) in [6.07, 6.45) is 2.50. The van der Waals surface area contributed by atoms with Crippen LogP contribution in [0.1, 0.15) is 32.8 Å². The molecule has 0 aliphatic heterocycles. The van der Waals surface area contributed by atoms with Crippen LogP contribution in [0.15, 0.2) is 29.2 Å². The number of aryl methyl sites for hydroxylation is 2. The Bertz CT molecular complexity index is 1120. The van der Waals surface area contributed by atoms with E-state index in [9.17, 15) is 22.8 Å². The highest BCUT2D eigenvalue weighted by atomic mass is 32.2. The number of nitrogens with zero attached hydrogens (tertiary/aromatic N) is 1. The van der Waals surface area contributed by atoms with Crippen molar-refractivity contribution in [3.05, 3.63) is 45.8 Å². The van der Waals surface area contributed by atoms with Gasteiger partial charge in [-0.3, -0.25) is 14.4 Å². The van der Waals surface area contributed by atoms with Gasteiger partial charge >= 0.3 is 5.97 Å². The van der Waals surface area contributed by atoms with E-state index in [4.69, 9.17) is 10.5 Å². The van der Waals surface area contributed by atoms with Crippen molar-refractivity contribution in [2.75, 3.05) is 25.5 Å². The van der Waals surface area contributed by atoms with E-state index in [1.807, 2.05) is 6.92 Å². The van der Waals surface area contributed by atoms with Gasteiger partial charge in [-0.05, 0) is 43.9 Å². The number of nitrogens with one attached hydrogen (secondary N) is 1. The number of rotatable bonds is 8. The maximum Gasteiger partial charge on any atom is 0.321 e. The number of carbonyl (C=O) groups excluding carboxylic acids is 3. The second kappa shape index (κ2) is 9.16. The maximum atomic E-state index is 12.5.